The quantitative estimate of drug-likeness (QED) is 0.862. The Morgan fingerprint density at radius 1 is 1.09 bits per heavy atom. The second-order valence-electron chi connectivity index (χ2n) is 4.94. The van der Waals surface area contributed by atoms with Crippen LogP contribution in [0.15, 0.2) is 42.5 Å². The van der Waals surface area contributed by atoms with Crippen molar-refractivity contribution in [1.29, 1.82) is 0 Å². The van der Waals surface area contributed by atoms with Crippen LogP contribution >= 0.6 is 0 Å². The van der Waals surface area contributed by atoms with Crippen molar-refractivity contribution >= 4 is 22.6 Å². The first-order valence-electron chi connectivity index (χ1n) is 6.73. The molecule has 2 aromatic rings. The predicted octanol–water partition coefficient (Wildman–Crippen LogP) is 2.61. The maximum atomic E-state index is 12.3. The molecule has 1 atom stereocenters. The molecule has 4 nitrogen and oxygen atoms in total. The lowest BCUT2D eigenvalue weighted by molar-refractivity contribution is -0.142. The first-order chi connectivity index (χ1) is 10.5. The fraction of sp³-hybridized carbons (Fsp3) is 0.250. The Morgan fingerprint density at radius 3 is 2.41 bits per heavy atom. The van der Waals surface area contributed by atoms with Gasteiger partial charge in [0.05, 0.1) is 6.42 Å². The minimum Gasteiger partial charge on any atom is -0.480 e. The van der Waals surface area contributed by atoms with Crippen molar-refractivity contribution in [2.45, 2.75) is 25.3 Å². The van der Waals surface area contributed by atoms with Gasteiger partial charge in [0.2, 0.25) is 12.3 Å². The molecule has 22 heavy (non-hydrogen) atoms. The molecule has 1 unspecified atom stereocenters. The van der Waals surface area contributed by atoms with Gasteiger partial charge in [-0.05, 0) is 16.3 Å². The van der Waals surface area contributed by atoms with E-state index in [4.69, 9.17) is 5.11 Å². The molecule has 0 bridgehead atoms. The molecule has 2 rings (SSSR count). The van der Waals surface area contributed by atoms with Crippen molar-refractivity contribution in [2.24, 2.45) is 0 Å². The molecule has 0 aliphatic heterocycles. The summed E-state index contributed by atoms with van der Waals surface area (Å²) >= 11 is 0. The van der Waals surface area contributed by atoms with Crippen molar-refractivity contribution in [2.75, 3.05) is 0 Å². The van der Waals surface area contributed by atoms with E-state index in [1.54, 1.807) is 6.07 Å². The molecule has 6 heteroatoms. The maximum absolute atomic E-state index is 12.3. The number of fused-ring (bicyclic) bond motifs is 1. The maximum Gasteiger partial charge on any atom is 0.326 e. The monoisotopic (exact) mass is 307 g/mol. The summed E-state index contributed by atoms with van der Waals surface area (Å²) < 4.78 is 24.6. The normalized spacial score (nSPS) is 12.3. The van der Waals surface area contributed by atoms with E-state index in [1.807, 2.05) is 36.4 Å². The smallest absolute Gasteiger partial charge is 0.326 e. The molecule has 0 aromatic heterocycles. The first-order valence-corrected chi connectivity index (χ1v) is 6.73. The number of hydrogen-bond acceptors (Lipinski definition) is 2. The molecule has 2 aromatic carbocycles. The Balaban J connectivity index is 2.04. The molecule has 2 N–H and O–H groups in total. The second kappa shape index (κ2) is 6.98. The van der Waals surface area contributed by atoms with Crippen molar-refractivity contribution in [3.8, 4) is 0 Å². The summed E-state index contributed by atoms with van der Waals surface area (Å²) in [6.45, 7) is 0. The van der Waals surface area contributed by atoms with Gasteiger partial charge in [0.15, 0.2) is 0 Å². The molecule has 0 heterocycles. The van der Waals surface area contributed by atoms with E-state index in [2.05, 4.69) is 5.32 Å². The van der Waals surface area contributed by atoms with Crippen LogP contribution < -0.4 is 5.32 Å². The number of carbonyl (C=O) groups excluding carboxylic acids is 1. The van der Waals surface area contributed by atoms with E-state index < -0.39 is 30.8 Å². The van der Waals surface area contributed by atoms with Gasteiger partial charge in [-0.2, -0.15) is 0 Å². The molecular weight excluding hydrogens is 292 g/mol. The highest BCUT2D eigenvalue weighted by molar-refractivity contribution is 5.87. The van der Waals surface area contributed by atoms with E-state index in [-0.39, 0.29) is 6.42 Å². The lowest BCUT2D eigenvalue weighted by atomic mass is 10.0. The number of carboxylic acids is 1. The number of carboxylic acid groups (broad SMARTS) is 1. The minimum absolute atomic E-state index is 0.0577. The number of rotatable bonds is 6. The van der Waals surface area contributed by atoms with Crippen molar-refractivity contribution in [1.82, 2.24) is 5.32 Å². The number of hydrogen-bond donors (Lipinski definition) is 2. The number of carbonyl (C=O) groups is 2. The first kappa shape index (κ1) is 15.9. The summed E-state index contributed by atoms with van der Waals surface area (Å²) in [5.41, 5.74) is 0.692. The summed E-state index contributed by atoms with van der Waals surface area (Å²) in [5, 5.41) is 12.9. The molecule has 116 valence electrons. The fourth-order valence-corrected chi connectivity index (χ4v) is 2.18. The molecule has 0 saturated carbocycles. The van der Waals surface area contributed by atoms with Gasteiger partial charge < -0.3 is 10.4 Å². The highest BCUT2D eigenvalue weighted by Crippen LogP contribution is 2.16. The van der Waals surface area contributed by atoms with E-state index in [0.717, 1.165) is 10.8 Å². The van der Waals surface area contributed by atoms with Gasteiger partial charge in [-0.25, -0.2) is 13.6 Å². The largest absolute Gasteiger partial charge is 0.480 e. The summed E-state index contributed by atoms with van der Waals surface area (Å²) in [4.78, 5) is 22.7. The van der Waals surface area contributed by atoms with Crippen LogP contribution in [0, 0.1) is 0 Å². The van der Waals surface area contributed by atoms with Gasteiger partial charge in [0, 0.05) is 6.42 Å². The third kappa shape index (κ3) is 4.25. The van der Waals surface area contributed by atoms with Crippen LogP contribution in [0.4, 0.5) is 8.78 Å². The van der Waals surface area contributed by atoms with E-state index in [9.17, 15) is 18.4 Å². The van der Waals surface area contributed by atoms with Crippen LogP contribution in [-0.4, -0.2) is 29.5 Å². The van der Waals surface area contributed by atoms with Crippen LogP contribution in [-0.2, 0) is 16.0 Å². The van der Waals surface area contributed by atoms with E-state index in [1.165, 1.54) is 0 Å². The third-order valence-corrected chi connectivity index (χ3v) is 3.23. The van der Waals surface area contributed by atoms with Gasteiger partial charge in [0.1, 0.15) is 6.04 Å². The third-order valence-electron chi connectivity index (χ3n) is 3.23. The lowest BCUT2D eigenvalue weighted by Crippen LogP contribution is -2.42. The van der Waals surface area contributed by atoms with Crippen LogP contribution in [0.3, 0.4) is 0 Å². The van der Waals surface area contributed by atoms with Gasteiger partial charge in [-0.15, -0.1) is 0 Å². The topological polar surface area (TPSA) is 66.4 Å². The molecule has 0 aliphatic carbocycles. The average Bonchev–Trinajstić information content (AvgIpc) is 2.45. The zero-order valence-electron chi connectivity index (χ0n) is 11.6. The number of amides is 1. The van der Waals surface area contributed by atoms with Gasteiger partial charge in [0.25, 0.3) is 0 Å². The van der Waals surface area contributed by atoms with Crippen LogP contribution in [0.1, 0.15) is 12.0 Å². The van der Waals surface area contributed by atoms with Crippen molar-refractivity contribution in [3.05, 3.63) is 48.0 Å². The number of aliphatic carboxylic acids is 1. The summed E-state index contributed by atoms with van der Waals surface area (Å²) in [7, 11) is 0. The number of benzene rings is 2. The van der Waals surface area contributed by atoms with Crippen molar-refractivity contribution in [3.63, 3.8) is 0 Å². The summed E-state index contributed by atoms with van der Waals surface area (Å²) in [5.74, 6) is -2.06. The molecule has 0 spiro atoms. The van der Waals surface area contributed by atoms with Crippen LogP contribution in [0.5, 0.6) is 0 Å². The molecule has 0 fully saturated rings. The van der Waals surface area contributed by atoms with Crippen LogP contribution in [0.2, 0.25) is 0 Å². The minimum atomic E-state index is -2.79. The molecule has 0 aliphatic rings. The number of nitrogens with one attached hydrogen (secondary N) is 1. The average molecular weight is 307 g/mol. The molecule has 1 amide bonds. The predicted molar refractivity (Wildman–Crippen MR) is 77.8 cm³/mol. The molecular formula is C16H15F2NO3. The van der Waals surface area contributed by atoms with Crippen molar-refractivity contribution < 1.29 is 23.5 Å². The Bertz CT molecular complexity index is 688. The van der Waals surface area contributed by atoms with Gasteiger partial charge in [-0.3, -0.25) is 4.79 Å². The Labute approximate surface area is 125 Å². The fourth-order valence-electron chi connectivity index (χ4n) is 2.18. The Morgan fingerprint density at radius 2 is 1.77 bits per heavy atom. The summed E-state index contributed by atoms with van der Waals surface area (Å²) in [6, 6.07) is 11.4. The Kier molecular flexibility index (Phi) is 5.04. The zero-order valence-corrected chi connectivity index (χ0v) is 11.6. The Hall–Kier alpha value is -2.50. The molecule has 0 radical (unpaired) electrons. The highest BCUT2D eigenvalue weighted by atomic mass is 19.3. The van der Waals surface area contributed by atoms with Gasteiger partial charge >= 0.3 is 5.97 Å². The lowest BCUT2D eigenvalue weighted by Gasteiger charge is -2.14. The number of halogens is 2. The molecule has 0 saturated heterocycles. The summed E-state index contributed by atoms with van der Waals surface area (Å²) in [6.07, 6.45) is -3.75. The zero-order chi connectivity index (χ0) is 16.1. The van der Waals surface area contributed by atoms with Gasteiger partial charge in [-0.1, -0.05) is 42.5 Å². The van der Waals surface area contributed by atoms with E-state index in [0.29, 0.717) is 5.56 Å². The SMILES string of the molecule is O=C(Cc1ccc2ccccc2c1)NC(CC(F)F)C(=O)O. The van der Waals surface area contributed by atoms with Crippen LogP contribution in [0.25, 0.3) is 10.8 Å². The standard InChI is InChI=1S/C16H15F2NO3/c17-14(18)9-13(16(21)22)19-15(20)8-10-5-6-11-3-1-2-4-12(11)7-10/h1-7,13-14H,8-9H2,(H,19,20)(H,21,22). The van der Waals surface area contributed by atoms with E-state index >= 15 is 0 Å². The highest BCUT2D eigenvalue weighted by Gasteiger charge is 2.24. The number of alkyl halides is 2. The second-order valence-corrected chi connectivity index (χ2v) is 4.94.